The van der Waals surface area contributed by atoms with Gasteiger partial charge in [-0.3, -0.25) is 4.79 Å². The van der Waals surface area contributed by atoms with E-state index in [9.17, 15) is 9.59 Å². The van der Waals surface area contributed by atoms with Crippen LogP contribution >= 0.6 is 0 Å². The summed E-state index contributed by atoms with van der Waals surface area (Å²) in [6.45, 7) is 3.83. The van der Waals surface area contributed by atoms with Gasteiger partial charge in [0.1, 0.15) is 11.1 Å². The van der Waals surface area contributed by atoms with Crippen LogP contribution in [0.1, 0.15) is 27.3 Å². The van der Waals surface area contributed by atoms with Crippen LogP contribution in [0.25, 0.3) is 27.6 Å². The SMILES string of the molecule is Cc1cc(C)c2c(n1)nn1cc(C(=O)c3cc4ccccc4oc3=O)nnc21. The van der Waals surface area contributed by atoms with Crippen molar-refractivity contribution in [3.63, 3.8) is 0 Å². The average molecular weight is 371 g/mol. The van der Waals surface area contributed by atoms with Crippen molar-refractivity contribution in [3.8, 4) is 0 Å². The third-order valence-corrected chi connectivity index (χ3v) is 4.58. The van der Waals surface area contributed by atoms with E-state index in [2.05, 4.69) is 20.3 Å². The average Bonchev–Trinajstić information content (AvgIpc) is 3.04. The van der Waals surface area contributed by atoms with E-state index in [0.29, 0.717) is 22.3 Å². The molecule has 28 heavy (non-hydrogen) atoms. The number of carbonyl (C=O) groups excluding carboxylic acids is 1. The smallest absolute Gasteiger partial charge is 0.347 e. The van der Waals surface area contributed by atoms with Gasteiger partial charge in [-0.2, -0.15) is 0 Å². The molecule has 0 radical (unpaired) electrons. The number of hydrogen-bond donors (Lipinski definition) is 0. The van der Waals surface area contributed by atoms with Crippen molar-refractivity contribution in [2.24, 2.45) is 0 Å². The van der Waals surface area contributed by atoms with E-state index in [4.69, 9.17) is 4.42 Å². The summed E-state index contributed by atoms with van der Waals surface area (Å²) < 4.78 is 6.71. The predicted molar refractivity (Wildman–Crippen MR) is 101 cm³/mol. The number of para-hydroxylation sites is 1. The van der Waals surface area contributed by atoms with Gasteiger partial charge in [-0.15, -0.1) is 15.3 Å². The largest absolute Gasteiger partial charge is 0.422 e. The van der Waals surface area contributed by atoms with Crippen LogP contribution < -0.4 is 5.63 Å². The van der Waals surface area contributed by atoms with Crippen LogP contribution in [0.4, 0.5) is 0 Å². The maximum Gasteiger partial charge on any atom is 0.347 e. The minimum absolute atomic E-state index is 0.00253. The Morgan fingerprint density at radius 1 is 1.11 bits per heavy atom. The number of aryl methyl sites for hydroxylation is 2. The molecule has 0 N–H and O–H groups in total. The van der Waals surface area contributed by atoms with Crippen molar-refractivity contribution in [1.29, 1.82) is 0 Å². The van der Waals surface area contributed by atoms with E-state index in [1.165, 1.54) is 16.8 Å². The number of aromatic nitrogens is 5. The zero-order valence-electron chi connectivity index (χ0n) is 15.0. The van der Waals surface area contributed by atoms with Crippen molar-refractivity contribution in [1.82, 2.24) is 24.8 Å². The molecule has 0 spiro atoms. The third kappa shape index (κ3) is 2.38. The Balaban J connectivity index is 1.68. The van der Waals surface area contributed by atoms with Gasteiger partial charge in [-0.05, 0) is 37.6 Å². The maximum absolute atomic E-state index is 12.9. The van der Waals surface area contributed by atoms with Crippen molar-refractivity contribution in [2.75, 3.05) is 0 Å². The lowest BCUT2D eigenvalue weighted by Gasteiger charge is -2.02. The van der Waals surface area contributed by atoms with Crippen LogP contribution in [0.3, 0.4) is 0 Å². The summed E-state index contributed by atoms with van der Waals surface area (Å²) in [4.78, 5) is 29.5. The second-order valence-electron chi connectivity index (χ2n) is 6.58. The highest BCUT2D eigenvalue weighted by atomic mass is 16.4. The number of pyridine rings is 1. The molecule has 0 bridgehead atoms. The van der Waals surface area contributed by atoms with Crippen LogP contribution in [0.2, 0.25) is 0 Å². The summed E-state index contributed by atoms with van der Waals surface area (Å²) in [6, 6.07) is 10.4. The second-order valence-corrected chi connectivity index (χ2v) is 6.58. The van der Waals surface area contributed by atoms with Crippen molar-refractivity contribution < 1.29 is 9.21 Å². The molecule has 136 valence electrons. The number of nitrogens with zero attached hydrogens (tertiary/aromatic N) is 5. The highest BCUT2D eigenvalue weighted by Gasteiger charge is 2.20. The summed E-state index contributed by atoms with van der Waals surface area (Å²) in [7, 11) is 0. The number of hydrogen-bond acceptors (Lipinski definition) is 7. The van der Waals surface area contributed by atoms with Gasteiger partial charge in [0.05, 0.1) is 11.6 Å². The quantitative estimate of drug-likeness (QED) is 0.347. The molecule has 0 unspecified atom stereocenters. The maximum atomic E-state index is 12.9. The molecule has 4 aromatic heterocycles. The fraction of sp³-hybridized carbons (Fsp3) is 0.100. The Bertz CT molecular complexity index is 1480. The predicted octanol–water partition coefficient (Wildman–Crippen LogP) is 2.63. The summed E-state index contributed by atoms with van der Waals surface area (Å²) in [5, 5.41) is 14.0. The van der Waals surface area contributed by atoms with Gasteiger partial charge in [-0.1, -0.05) is 18.2 Å². The minimum atomic E-state index is -0.718. The van der Waals surface area contributed by atoms with E-state index in [1.807, 2.05) is 19.9 Å². The molecule has 0 aliphatic rings. The topological polar surface area (TPSA) is 103 Å². The first-order chi connectivity index (χ1) is 13.5. The lowest BCUT2D eigenvalue weighted by Crippen LogP contribution is -2.17. The van der Waals surface area contributed by atoms with Crippen LogP contribution in [0.5, 0.6) is 0 Å². The van der Waals surface area contributed by atoms with E-state index in [0.717, 1.165) is 16.6 Å². The van der Waals surface area contributed by atoms with Gasteiger partial charge in [0, 0.05) is 11.1 Å². The second kappa shape index (κ2) is 5.78. The molecule has 5 rings (SSSR count). The third-order valence-electron chi connectivity index (χ3n) is 4.58. The van der Waals surface area contributed by atoms with E-state index < -0.39 is 11.4 Å². The fourth-order valence-corrected chi connectivity index (χ4v) is 3.32. The molecule has 0 amide bonds. The summed E-state index contributed by atoms with van der Waals surface area (Å²) in [6.07, 6.45) is 1.45. The first kappa shape index (κ1) is 16.2. The summed E-state index contributed by atoms with van der Waals surface area (Å²) in [5.41, 5.74) is 2.44. The van der Waals surface area contributed by atoms with Crippen molar-refractivity contribution in [3.05, 3.63) is 75.5 Å². The van der Waals surface area contributed by atoms with Gasteiger partial charge in [0.2, 0.25) is 5.78 Å². The lowest BCUT2D eigenvalue weighted by atomic mass is 10.1. The zero-order chi connectivity index (χ0) is 19.4. The van der Waals surface area contributed by atoms with Gasteiger partial charge in [0.25, 0.3) is 0 Å². The Labute approximate surface area is 157 Å². The van der Waals surface area contributed by atoms with Crippen LogP contribution in [0, 0.1) is 13.8 Å². The zero-order valence-corrected chi connectivity index (χ0v) is 15.0. The van der Waals surface area contributed by atoms with E-state index >= 15 is 0 Å². The number of ketones is 1. The fourth-order valence-electron chi connectivity index (χ4n) is 3.32. The number of benzene rings is 1. The highest BCUT2D eigenvalue weighted by Crippen LogP contribution is 2.21. The van der Waals surface area contributed by atoms with Crippen LogP contribution in [0.15, 0.2) is 51.8 Å². The molecule has 0 aliphatic heterocycles. The molecule has 0 atom stereocenters. The van der Waals surface area contributed by atoms with Crippen LogP contribution in [-0.4, -0.2) is 30.6 Å². The number of rotatable bonds is 2. The van der Waals surface area contributed by atoms with E-state index in [1.54, 1.807) is 24.3 Å². The standard InChI is InChI=1S/C20H13N5O3/c1-10-7-11(2)21-18-16(10)19-23-22-14(9-25(19)24-18)17(26)13-8-12-5-3-4-6-15(12)28-20(13)27/h3-9H,1-2H3. The molecule has 8 nitrogen and oxygen atoms in total. The van der Waals surface area contributed by atoms with E-state index in [-0.39, 0.29) is 11.3 Å². The first-order valence-corrected chi connectivity index (χ1v) is 8.59. The molecule has 0 saturated carbocycles. The number of fused-ring (bicyclic) bond motifs is 4. The molecule has 5 aromatic rings. The first-order valence-electron chi connectivity index (χ1n) is 8.59. The van der Waals surface area contributed by atoms with Gasteiger partial charge < -0.3 is 4.42 Å². The lowest BCUT2D eigenvalue weighted by molar-refractivity contribution is 0.102. The Morgan fingerprint density at radius 3 is 2.79 bits per heavy atom. The molecule has 4 heterocycles. The van der Waals surface area contributed by atoms with Gasteiger partial charge >= 0.3 is 5.63 Å². The van der Waals surface area contributed by atoms with Gasteiger partial charge in [-0.25, -0.2) is 14.3 Å². The van der Waals surface area contributed by atoms with Crippen LogP contribution in [-0.2, 0) is 0 Å². The van der Waals surface area contributed by atoms with Crippen molar-refractivity contribution >= 4 is 33.4 Å². The summed E-state index contributed by atoms with van der Waals surface area (Å²) in [5.74, 6) is -0.575. The normalized spacial score (nSPS) is 11.5. The molecular weight excluding hydrogens is 358 g/mol. The van der Waals surface area contributed by atoms with Crippen molar-refractivity contribution in [2.45, 2.75) is 13.8 Å². The van der Waals surface area contributed by atoms with Gasteiger partial charge in [0.15, 0.2) is 17.0 Å². The number of carbonyl (C=O) groups is 1. The summed E-state index contributed by atoms with van der Waals surface area (Å²) >= 11 is 0. The molecule has 0 aliphatic carbocycles. The molecule has 8 heteroatoms. The Kier molecular flexibility index (Phi) is 3.35. The molecule has 0 fully saturated rings. The minimum Gasteiger partial charge on any atom is -0.422 e. The monoisotopic (exact) mass is 371 g/mol. The highest BCUT2D eigenvalue weighted by molar-refractivity contribution is 6.08. The Morgan fingerprint density at radius 2 is 1.93 bits per heavy atom. The molecule has 0 saturated heterocycles. The molecule has 1 aromatic carbocycles. The Hall–Kier alpha value is -3.94. The molecular formula is C20H13N5O3.